The third-order valence-electron chi connectivity index (χ3n) is 5.52. The standard InChI is InChI=1S/C21H23F3N4O2/c1-2-30-15-7-8-18-25-26-19(28(18)13-15)20(29)27-11-9-14(10-12-27)16-5-3-4-6-17(16)21(22,23)24/h3-8,13-14,20,29H,2,9-12H2,1H3. The molecule has 0 amide bonds. The number of aliphatic hydroxyl groups excluding tert-OH is 1. The van der Waals surface area contributed by atoms with E-state index in [0.717, 1.165) is 6.07 Å². The molecule has 1 fully saturated rings. The zero-order chi connectivity index (χ0) is 21.3. The van der Waals surface area contributed by atoms with E-state index in [1.165, 1.54) is 6.07 Å². The van der Waals surface area contributed by atoms with Gasteiger partial charge in [-0.25, -0.2) is 0 Å². The van der Waals surface area contributed by atoms with Crippen molar-refractivity contribution in [1.82, 2.24) is 19.5 Å². The van der Waals surface area contributed by atoms with Crippen molar-refractivity contribution in [3.8, 4) is 5.75 Å². The number of piperidine rings is 1. The molecule has 1 atom stereocenters. The van der Waals surface area contributed by atoms with E-state index in [2.05, 4.69) is 10.2 Å². The third-order valence-corrected chi connectivity index (χ3v) is 5.52. The molecule has 160 valence electrons. The first kappa shape index (κ1) is 20.6. The van der Waals surface area contributed by atoms with Gasteiger partial charge in [0.05, 0.1) is 18.4 Å². The topological polar surface area (TPSA) is 62.9 Å². The van der Waals surface area contributed by atoms with Crippen LogP contribution in [0.2, 0.25) is 0 Å². The molecule has 9 heteroatoms. The SMILES string of the molecule is CCOc1ccc2nnc(C(O)N3CCC(c4ccccc4C(F)(F)F)CC3)n2c1. The highest BCUT2D eigenvalue weighted by atomic mass is 19.4. The molecule has 0 aliphatic carbocycles. The van der Waals surface area contributed by atoms with Gasteiger partial charge in [-0.3, -0.25) is 9.30 Å². The van der Waals surface area contributed by atoms with Crippen LogP contribution in [0.25, 0.3) is 5.65 Å². The molecular formula is C21H23F3N4O2. The van der Waals surface area contributed by atoms with Crippen molar-refractivity contribution >= 4 is 5.65 Å². The first-order chi connectivity index (χ1) is 14.4. The minimum atomic E-state index is -4.37. The number of nitrogens with zero attached hydrogens (tertiary/aromatic N) is 4. The van der Waals surface area contributed by atoms with E-state index in [-0.39, 0.29) is 5.92 Å². The number of rotatable bonds is 5. The molecule has 4 rings (SSSR count). The van der Waals surface area contributed by atoms with Gasteiger partial charge in [0, 0.05) is 13.1 Å². The zero-order valence-corrected chi connectivity index (χ0v) is 16.5. The van der Waals surface area contributed by atoms with E-state index in [0.29, 0.717) is 55.3 Å². The summed E-state index contributed by atoms with van der Waals surface area (Å²) < 4.78 is 47.2. The molecular weight excluding hydrogens is 397 g/mol. The summed E-state index contributed by atoms with van der Waals surface area (Å²) in [4.78, 5) is 1.82. The van der Waals surface area contributed by atoms with Crippen LogP contribution in [-0.4, -0.2) is 44.3 Å². The van der Waals surface area contributed by atoms with Gasteiger partial charge < -0.3 is 9.84 Å². The Morgan fingerprint density at radius 3 is 2.57 bits per heavy atom. The molecule has 1 aromatic carbocycles. The fraction of sp³-hybridized carbons (Fsp3) is 0.429. The summed E-state index contributed by atoms with van der Waals surface area (Å²) in [7, 11) is 0. The van der Waals surface area contributed by atoms with E-state index >= 15 is 0 Å². The van der Waals surface area contributed by atoms with Crippen LogP contribution in [0.1, 0.15) is 48.9 Å². The summed E-state index contributed by atoms with van der Waals surface area (Å²) in [5.74, 6) is 0.799. The molecule has 2 aromatic heterocycles. The van der Waals surface area contributed by atoms with Crippen LogP contribution in [0.5, 0.6) is 5.75 Å². The van der Waals surface area contributed by atoms with Crippen LogP contribution < -0.4 is 4.74 Å². The summed E-state index contributed by atoms with van der Waals surface area (Å²) in [6, 6.07) is 9.29. The lowest BCUT2D eigenvalue weighted by molar-refractivity contribution is -0.138. The van der Waals surface area contributed by atoms with Crippen LogP contribution in [0.4, 0.5) is 13.2 Å². The predicted molar refractivity (Wildman–Crippen MR) is 104 cm³/mol. The minimum Gasteiger partial charge on any atom is -0.492 e. The van der Waals surface area contributed by atoms with Gasteiger partial charge in [0.2, 0.25) is 0 Å². The second-order valence-electron chi connectivity index (χ2n) is 7.35. The van der Waals surface area contributed by atoms with Crippen LogP contribution >= 0.6 is 0 Å². The number of pyridine rings is 1. The first-order valence-electron chi connectivity index (χ1n) is 9.94. The highest BCUT2D eigenvalue weighted by molar-refractivity contribution is 5.41. The lowest BCUT2D eigenvalue weighted by Gasteiger charge is -2.35. The summed E-state index contributed by atoms with van der Waals surface area (Å²) in [5.41, 5.74) is 0.339. The zero-order valence-electron chi connectivity index (χ0n) is 16.5. The number of alkyl halides is 3. The number of hydrogen-bond donors (Lipinski definition) is 1. The van der Waals surface area contributed by atoms with Gasteiger partial charge in [0.1, 0.15) is 5.75 Å². The Morgan fingerprint density at radius 2 is 1.87 bits per heavy atom. The van der Waals surface area contributed by atoms with Crippen molar-refractivity contribution in [3.05, 3.63) is 59.5 Å². The summed E-state index contributed by atoms with van der Waals surface area (Å²) >= 11 is 0. The molecule has 3 aromatic rings. The fourth-order valence-electron chi connectivity index (χ4n) is 4.05. The van der Waals surface area contributed by atoms with Crippen molar-refractivity contribution in [2.75, 3.05) is 19.7 Å². The van der Waals surface area contributed by atoms with Gasteiger partial charge in [-0.1, -0.05) is 18.2 Å². The van der Waals surface area contributed by atoms with E-state index in [4.69, 9.17) is 4.74 Å². The van der Waals surface area contributed by atoms with Crippen molar-refractivity contribution in [1.29, 1.82) is 0 Å². The first-order valence-corrected chi connectivity index (χ1v) is 9.94. The van der Waals surface area contributed by atoms with Gasteiger partial charge in [-0.2, -0.15) is 13.2 Å². The molecule has 0 spiro atoms. The summed E-state index contributed by atoms with van der Waals surface area (Å²) in [6.45, 7) is 3.31. The maximum atomic E-state index is 13.4. The van der Waals surface area contributed by atoms with E-state index in [1.54, 1.807) is 34.9 Å². The molecule has 30 heavy (non-hydrogen) atoms. The number of benzene rings is 1. The number of ether oxygens (including phenoxy) is 1. The average molecular weight is 420 g/mol. The van der Waals surface area contributed by atoms with Gasteiger partial charge in [0.25, 0.3) is 0 Å². The Morgan fingerprint density at radius 1 is 1.13 bits per heavy atom. The van der Waals surface area contributed by atoms with Crippen molar-refractivity contribution in [3.63, 3.8) is 0 Å². The Balaban J connectivity index is 1.50. The molecule has 1 unspecified atom stereocenters. The maximum absolute atomic E-state index is 13.4. The van der Waals surface area contributed by atoms with E-state index < -0.39 is 18.0 Å². The fourth-order valence-corrected chi connectivity index (χ4v) is 4.05. The monoisotopic (exact) mass is 420 g/mol. The molecule has 0 radical (unpaired) electrons. The number of fused-ring (bicyclic) bond motifs is 1. The Bertz CT molecular complexity index is 1010. The molecule has 6 nitrogen and oxygen atoms in total. The smallest absolute Gasteiger partial charge is 0.416 e. The molecule has 1 N–H and O–H groups in total. The number of hydrogen-bond acceptors (Lipinski definition) is 5. The average Bonchev–Trinajstić information content (AvgIpc) is 3.16. The third kappa shape index (κ3) is 3.99. The Kier molecular flexibility index (Phi) is 5.66. The molecule has 3 heterocycles. The largest absolute Gasteiger partial charge is 0.492 e. The lowest BCUT2D eigenvalue weighted by atomic mass is 9.86. The number of halogens is 3. The molecule has 1 saturated heterocycles. The number of likely N-dealkylation sites (tertiary alicyclic amines) is 1. The molecule has 1 aliphatic heterocycles. The summed E-state index contributed by atoms with van der Waals surface area (Å²) in [6.07, 6.45) is -2.61. The van der Waals surface area contributed by atoms with Gasteiger partial charge in [-0.05, 0) is 49.4 Å². The maximum Gasteiger partial charge on any atom is 0.416 e. The van der Waals surface area contributed by atoms with Crippen LogP contribution in [-0.2, 0) is 6.18 Å². The Labute approximate surface area is 171 Å². The Hall–Kier alpha value is -2.65. The second-order valence-corrected chi connectivity index (χ2v) is 7.35. The number of aromatic nitrogens is 3. The molecule has 0 bridgehead atoms. The van der Waals surface area contributed by atoms with Crippen molar-refractivity contribution in [2.45, 2.75) is 38.1 Å². The quantitative estimate of drug-likeness (QED) is 0.676. The van der Waals surface area contributed by atoms with Crippen LogP contribution in [0, 0.1) is 0 Å². The van der Waals surface area contributed by atoms with Crippen LogP contribution in [0.3, 0.4) is 0 Å². The molecule has 0 saturated carbocycles. The minimum absolute atomic E-state index is 0.203. The van der Waals surface area contributed by atoms with Crippen LogP contribution in [0.15, 0.2) is 42.6 Å². The number of aliphatic hydroxyl groups is 1. The van der Waals surface area contributed by atoms with Gasteiger partial charge >= 0.3 is 6.18 Å². The van der Waals surface area contributed by atoms with Gasteiger partial charge in [0.15, 0.2) is 17.7 Å². The highest BCUT2D eigenvalue weighted by Gasteiger charge is 2.36. The van der Waals surface area contributed by atoms with E-state index in [1.807, 2.05) is 11.8 Å². The predicted octanol–water partition coefficient (Wildman–Crippen LogP) is 4.02. The normalized spacial score (nSPS) is 17.4. The second kappa shape index (κ2) is 8.23. The summed E-state index contributed by atoms with van der Waals surface area (Å²) in [5, 5.41) is 19.1. The lowest BCUT2D eigenvalue weighted by Crippen LogP contribution is -2.37. The van der Waals surface area contributed by atoms with Gasteiger partial charge in [-0.15, -0.1) is 10.2 Å². The van der Waals surface area contributed by atoms with Crippen molar-refractivity contribution < 1.29 is 23.0 Å². The highest BCUT2D eigenvalue weighted by Crippen LogP contribution is 2.39. The van der Waals surface area contributed by atoms with E-state index in [9.17, 15) is 18.3 Å². The molecule has 1 aliphatic rings. The van der Waals surface area contributed by atoms with Crippen molar-refractivity contribution in [2.24, 2.45) is 0 Å².